The molecule has 6 heteroatoms. The molecule has 1 fully saturated rings. The summed E-state index contributed by atoms with van der Waals surface area (Å²) >= 11 is 12.3. The fourth-order valence-corrected chi connectivity index (χ4v) is 4.04. The van der Waals surface area contributed by atoms with Gasteiger partial charge in [0.25, 0.3) is 0 Å². The van der Waals surface area contributed by atoms with Crippen LogP contribution in [-0.4, -0.2) is 36.9 Å². The van der Waals surface area contributed by atoms with E-state index in [0.717, 1.165) is 12.0 Å². The van der Waals surface area contributed by atoms with Crippen LogP contribution in [0.3, 0.4) is 0 Å². The molecule has 1 aromatic rings. The molecule has 0 aromatic heterocycles. The average Bonchev–Trinajstić information content (AvgIpc) is 3.17. The van der Waals surface area contributed by atoms with E-state index in [9.17, 15) is 4.79 Å². The number of carbonyl (C=O) groups excluding carboxylic acids is 1. The summed E-state index contributed by atoms with van der Waals surface area (Å²) in [7, 11) is 1.68. The van der Waals surface area contributed by atoms with Gasteiger partial charge in [0, 0.05) is 30.7 Å². The highest BCUT2D eigenvalue weighted by molar-refractivity contribution is 6.42. The van der Waals surface area contributed by atoms with Crippen molar-refractivity contribution in [3.63, 3.8) is 0 Å². The Balaban J connectivity index is 1.91. The monoisotopic (exact) mass is 383 g/mol. The van der Waals surface area contributed by atoms with E-state index in [1.54, 1.807) is 12.0 Å². The Labute approximate surface area is 158 Å². The topological polar surface area (TPSA) is 38.8 Å². The van der Waals surface area contributed by atoms with Crippen LogP contribution in [0.1, 0.15) is 32.8 Å². The van der Waals surface area contributed by atoms with Crippen molar-refractivity contribution >= 4 is 29.3 Å². The van der Waals surface area contributed by atoms with Crippen LogP contribution in [0.5, 0.6) is 0 Å². The third-order valence-electron chi connectivity index (χ3n) is 4.93. The van der Waals surface area contributed by atoms with Crippen LogP contribution in [-0.2, 0) is 14.9 Å². The zero-order valence-electron chi connectivity index (χ0n) is 14.9. The molecule has 0 bridgehead atoms. The Morgan fingerprint density at radius 2 is 2.00 bits per heavy atom. The molecule has 1 heterocycles. The fourth-order valence-electron chi connectivity index (χ4n) is 3.74. The third kappa shape index (κ3) is 3.27. The minimum absolute atomic E-state index is 0.176. The molecule has 0 unspecified atom stereocenters. The van der Waals surface area contributed by atoms with E-state index >= 15 is 0 Å². The van der Waals surface area contributed by atoms with Gasteiger partial charge in [-0.05, 0) is 44.9 Å². The number of hydrogen-bond acceptors (Lipinski definition) is 3. The van der Waals surface area contributed by atoms with Crippen molar-refractivity contribution < 1.29 is 14.3 Å². The van der Waals surface area contributed by atoms with E-state index < -0.39 is 5.60 Å². The first-order valence-electron chi connectivity index (χ1n) is 8.26. The van der Waals surface area contributed by atoms with Crippen molar-refractivity contribution in [2.24, 2.45) is 5.41 Å². The van der Waals surface area contributed by atoms with Crippen LogP contribution in [0.4, 0.5) is 4.79 Å². The Kier molecular flexibility index (Phi) is 4.59. The molecule has 0 spiro atoms. The van der Waals surface area contributed by atoms with Crippen molar-refractivity contribution in [3.05, 3.63) is 46.1 Å². The van der Waals surface area contributed by atoms with Crippen LogP contribution in [0.15, 0.2) is 30.5 Å². The molecule has 0 saturated heterocycles. The van der Waals surface area contributed by atoms with Crippen molar-refractivity contribution in [2.45, 2.75) is 38.2 Å². The summed E-state index contributed by atoms with van der Waals surface area (Å²) in [6, 6.07) is 5.73. The molecule has 1 aromatic carbocycles. The van der Waals surface area contributed by atoms with Gasteiger partial charge in [-0.2, -0.15) is 0 Å². The lowest BCUT2D eigenvalue weighted by molar-refractivity contribution is 0.0238. The average molecular weight is 384 g/mol. The smallest absolute Gasteiger partial charge is 0.414 e. The molecule has 1 aliphatic heterocycles. The summed E-state index contributed by atoms with van der Waals surface area (Å²) in [5.74, 6) is 0. The van der Waals surface area contributed by atoms with Gasteiger partial charge >= 0.3 is 6.09 Å². The molecule has 1 aliphatic carbocycles. The highest BCUT2D eigenvalue weighted by Gasteiger charge is 2.69. The maximum atomic E-state index is 12.4. The lowest BCUT2D eigenvalue weighted by Crippen LogP contribution is -2.42. The summed E-state index contributed by atoms with van der Waals surface area (Å²) in [4.78, 5) is 14.1. The van der Waals surface area contributed by atoms with Crippen molar-refractivity contribution in [1.82, 2.24) is 4.90 Å². The number of hydrogen-bond donors (Lipinski definition) is 0. The van der Waals surface area contributed by atoms with E-state index in [-0.39, 0.29) is 16.9 Å². The first-order chi connectivity index (χ1) is 11.6. The van der Waals surface area contributed by atoms with Crippen molar-refractivity contribution in [2.75, 3.05) is 20.3 Å². The maximum Gasteiger partial charge on any atom is 0.414 e. The van der Waals surface area contributed by atoms with Gasteiger partial charge in [0.1, 0.15) is 5.60 Å². The molecule has 0 N–H and O–H groups in total. The molecular weight excluding hydrogens is 361 g/mol. The minimum Gasteiger partial charge on any atom is -0.443 e. The second-order valence-corrected chi connectivity index (χ2v) is 8.73. The van der Waals surface area contributed by atoms with E-state index in [1.807, 2.05) is 45.2 Å². The number of nitrogens with zero attached hydrogens (tertiary/aromatic N) is 1. The normalized spacial score (nSPS) is 27.8. The number of benzene rings is 1. The Morgan fingerprint density at radius 1 is 1.28 bits per heavy atom. The summed E-state index contributed by atoms with van der Waals surface area (Å²) < 4.78 is 11.0. The molecule has 25 heavy (non-hydrogen) atoms. The zero-order valence-corrected chi connectivity index (χ0v) is 16.4. The number of methoxy groups -OCH3 is 1. The summed E-state index contributed by atoms with van der Waals surface area (Å²) in [6.45, 7) is 6.69. The van der Waals surface area contributed by atoms with Gasteiger partial charge in [-0.1, -0.05) is 35.3 Å². The predicted molar refractivity (Wildman–Crippen MR) is 99.1 cm³/mol. The highest BCUT2D eigenvalue weighted by atomic mass is 35.5. The molecule has 3 rings (SSSR count). The molecule has 136 valence electrons. The Bertz CT molecular complexity index is 728. The number of carbonyl (C=O) groups is 1. The van der Waals surface area contributed by atoms with Crippen LogP contribution in [0.2, 0.25) is 10.0 Å². The number of ether oxygens (including phenoxy) is 2. The largest absolute Gasteiger partial charge is 0.443 e. The van der Waals surface area contributed by atoms with E-state index in [1.165, 1.54) is 0 Å². The standard InChI is InChI=1S/C19H23Cl2NO3/c1-17(2,3)25-16(23)22-8-7-19(10-18(19,11-22)12-24-4)13-5-6-14(20)15(21)9-13/h5-9H,10-12H2,1-4H3/t18-,19-/m1/s1. The molecule has 0 radical (unpaired) electrons. The summed E-state index contributed by atoms with van der Waals surface area (Å²) in [5.41, 5.74) is 0.209. The lowest BCUT2D eigenvalue weighted by atomic mass is 9.84. The number of allylic oxidation sites excluding steroid dienone is 1. The minimum atomic E-state index is -0.527. The van der Waals surface area contributed by atoms with Gasteiger partial charge in [-0.15, -0.1) is 0 Å². The molecule has 4 nitrogen and oxygen atoms in total. The van der Waals surface area contributed by atoms with Crippen LogP contribution in [0.25, 0.3) is 0 Å². The number of halogens is 2. The van der Waals surface area contributed by atoms with Crippen molar-refractivity contribution in [1.29, 1.82) is 0 Å². The van der Waals surface area contributed by atoms with Gasteiger partial charge in [0.05, 0.1) is 16.7 Å². The molecule has 1 amide bonds. The zero-order chi connectivity index (χ0) is 18.5. The fraction of sp³-hybridized carbons (Fsp3) is 0.526. The predicted octanol–water partition coefficient (Wildman–Crippen LogP) is 5.03. The quantitative estimate of drug-likeness (QED) is 0.734. The van der Waals surface area contributed by atoms with Crippen LogP contribution >= 0.6 is 23.2 Å². The first kappa shape index (κ1) is 18.6. The number of amides is 1. The maximum absolute atomic E-state index is 12.4. The molecule has 2 aliphatic rings. The van der Waals surface area contributed by atoms with Crippen LogP contribution < -0.4 is 0 Å². The highest BCUT2D eigenvalue weighted by Crippen LogP contribution is 2.67. The van der Waals surface area contributed by atoms with Gasteiger partial charge in [-0.3, -0.25) is 4.90 Å². The molecular formula is C19H23Cl2NO3. The molecule has 2 atom stereocenters. The van der Waals surface area contributed by atoms with Crippen molar-refractivity contribution in [3.8, 4) is 0 Å². The van der Waals surface area contributed by atoms with E-state index in [2.05, 4.69) is 6.08 Å². The van der Waals surface area contributed by atoms with Gasteiger partial charge in [0.2, 0.25) is 0 Å². The summed E-state index contributed by atoms with van der Waals surface area (Å²) in [5, 5.41) is 1.07. The molecule has 1 saturated carbocycles. The number of fused-ring (bicyclic) bond motifs is 1. The number of rotatable bonds is 3. The van der Waals surface area contributed by atoms with Gasteiger partial charge < -0.3 is 9.47 Å². The Morgan fingerprint density at radius 3 is 2.60 bits per heavy atom. The first-order valence-corrected chi connectivity index (χ1v) is 9.02. The van der Waals surface area contributed by atoms with E-state index in [0.29, 0.717) is 23.2 Å². The lowest BCUT2D eigenvalue weighted by Gasteiger charge is -2.34. The van der Waals surface area contributed by atoms with Crippen LogP contribution in [0, 0.1) is 5.41 Å². The van der Waals surface area contributed by atoms with E-state index in [4.69, 9.17) is 32.7 Å². The Hall–Kier alpha value is -1.23. The second kappa shape index (κ2) is 6.19. The third-order valence-corrected chi connectivity index (χ3v) is 5.67. The second-order valence-electron chi connectivity index (χ2n) is 7.91. The van der Waals surface area contributed by atoms with Gasteiger partial charge in [-0.25, -0.2) is 4.79 Å². The summed E-state index contributed by atoms with van der Waals surface area (Å²) in [6.07, 6.45) is 4.44. The van der Waals surface area contributed by atoms with Gasteiger partial charge in [0.15, 0.2) is 0 Å². The SMILES string of the molecule is COC[C@@]12CN(C(=O)OC(C)(C)C)C=C[C@]1(c1ccc(Cl)c(Cl)c1)C2.